The van der Waals surface area contributed by atoms with Crippen LogP contribution in [0.4, 0.5) is 0 Å². The third-order valence-corrected chi connectivity index (χ3v) is 5.72. The van der Waals surface area contributed by atoms with Crippen LogP contribution in [0.15, 0.2) is 83.3 Å². The average Bonchev–Trinajstić information content (AvgIpc) is 3.29. The molecule has 1 heterocycles. The number of aromatic nitrogens is 1. The smallest absolute Gasteiger partial charge is 0.349 e. The quantitative estimate of drug-likeness (QED) is 0.192. The van der Waals surface area contributed by atoms with Crippen LogP contribution in [0.25, 0.3) is 11.5 Å². The summed E-state index contributed by atoms with van der Waals surface area (Å²) in [6.45, 7) is 7.78. The van der Waals surface area contributed by atoms with Crippen molar-refractivity contribution in [1.82, 2.24) is 4.98 Å². The van der Waals surface area contributed by atoms with Crippen molar-refractivity contribution in [3.63, 3.8) is 0 Å². The lowest BCUT2D eigenvalue weighted by molar-refractivity contribution is -0.158. The molecule has 0 aliphatic rings. The molecule has 194 valence electrons. The van der Waals surface area contributed by atoms with E-state index in [1.54, 1.807) is 45.0 Å². The third kappa shape index (κ3) is 7.04. The van der Waals surface area contributed by atoms with E-state index in [1.165, 1.54) is 0 Å². The van der Waals surface area contributed by atoms with Gasteiger partial charge in [-0.25, -0.2) is 9.78 Å². The minimum atomic E-state index is -1.07. The Bertz CT molecular complexity index is 1410. The summed E-state index contributed by atoms with van der Waals surface area (Å²) in [7, 11) is 0. The zero-order chi connectivity index (χ0) is 27.0. The van der Waals surface area contributed by atoms with Crippen molar-refractivity contribution in [1.29, 1.82) is 0 Å². The van der Waals surface area contributed by atoms with E-state index in [1.807, 2.05) is 61.5 Å². The Balaban J connectivity index is 1.31. The number of rotatable bonds is 9. The van der Waals surface area contributed by atoms with E-state index in [2.05, 4.69) is 16.8 Å². The Hall–Kier alpha value is -4.50. The molecule has 0 N–H and O–H groups in total. The fourth-order valence-corrected chi connectivity index (χ4v) is 3.66. The molecule has 4 aromatic rings. The Labute approximate surface area is 223 Å². The first-order valence-electron chi connectivity index (χ1n) is 12.6. The minimum Gasteiger partial charge on any atom is -0.493 e. The number of oxazole rings is 1. The maximum Gasteiger partial charge on any atom is 0.349 e. The van der Waals surface area contributed by atoms with Gasteiger partial charge in [-0.1, -0.05) is 30.0 Å². The predicted octanol–water partition coefficient (Wildman–Crippen LogP) is 6.39. The summed E-state index contributed by atoms with van der Waals surface area (Å²) < 4.78 is 22.6. The Morgan fingerprint density at radius 3 is 2.18 bits per heavy atom. The molecule has 0 aliphatic heterocycles. The van der Waals surface area contributed by atoms with Crippen molar-refractivity contribution in [2.75, 3.05) is 13.2 Å². The lowest BCUT2D eigenvalue weighted by Gasteiger charge is -2.24. The van der Waals surface area contributed by atoms with E-state index in [0.29, 0.717) is 37.0 Å². The van der Waals surface area contributed by atoms with E-state index in [0.717, 1.165) is 28.1 Å². The van der Waals surface area contributed by atoms with Gasteiger partial charge in [0.25, 0.3) is 0 Å². The SMILES string of the molecule is CCOC(=O)C(C)(C)Oc1ccc(OCCc2nc(-c3ccc(C#Cc4ccccc4)cc3)oc2C)cc1. The molecule has 4 rings (SSSR count). The Morgan fingerprint density at radius 1 is 0.895 bits per heavy atom. The number of ether oxygens (including phenoxy) is 3. The number of nitrogens with zero attached hydrogens (tertiary/aromatic N) is 1. The standard InChI is InChI=1S/C32H31NO5/c1-5-35-31(34)32(3,4)38-28-19-17-27(18-20-28)36-22-21-29-23(2)37-30(33-29)26-15-13-25(14-16-26)12-11-24-9-7-6-8-10-24/h6-10,13-20H,5,21-22H2,1-4H3. The number of aryl methyl sites for hydroxylation is 1. The van der Waals surface area contributed by atoms with Crippen LogP contribution in [0.1, 0.15) is 43.4 Å². The molecule has 6 nitrogen and oxygen atoms in total. The molecule has 0 bridgehead atoms. The highest BCUT2D eigenvalue weighted by atomic mass is 16.6. The zero-order valence-corrected chi connectivity index (χ0v) is 22.1. The van der Waals surface area contributed by atoms with E-state index >= 15 is 0 Å². The summed E-state index contributed by atoms with van der Waals surface area (Å²) in [6, 6.07) is 24.9. The number of hydrogen-bond donors (Lipinski definition) is 0. The minimum absolute atomic E-state index is 0.307. The summed E-state index contributed by atoms with van der Waals surface area (Å²) in [5.74, 6) is 8.53. The van der Waals surface area contributed by atoms with Crippen molar-refractivity contribution in [3.8, 4) is 34.8 Å². The second-order valence-corrected chi connectivity index (χ2v) is 9.12. The second-order valence-electron chi connectivity index (χ2n) is 9.12. The van der Waals surface area contributed by atoms with Gasteiger partial charge in [0, 0.05) is 23.1 Å². The predicted molar refractivity (Wildman–Crippen MR) is 146 cm³/mol. The van der Waals surface area contributed by atoms with Gasteiger partial charge in [-0.2, -0.15) is 0 Å². The number of benzene rings is 3. The zero-order valence-electron chi connectivity index (χ0n) is 22.1. The molecule has 3 aromatic carbocycles. The summed E-state index contributed by atoms with van der Waals surface area (Å²) >= 11 is 0. The maximum absolute atomic E-state index is 12.0. The van der Waals surface area contributed by atoms with Crippen LogP contribution in [0.2, 0.25) is 0 Å². The van der Waals surface area contributed by atoms with Crippen LogP contribution in [0.3, 0.4) is 0 Å². The average molecular weight is 510 g/mol. The monoisotopic (exact) mass is 509 g/mol. The van der Waals surface area contributed by atoms with Gasteiger partial charge < -0.3 is 18.6 Å². The molecular formula is C32H31NO5. The van der Waals surface area contributed by atoms with Crippen LogP contribution in [0, 0.1) is 18.8 Å². The Morgan fingerprint density at radius 2 is 1.53 bits per heavy atom. The second kappa shape index (κ2) is 12.2. The van der Waals surface area contributed by atoms with Crippen LogP contribution in [0.5, 0.6) is 11.5 Å². The molecule has 0 unspecified atom stereocenters. The van der Waals surface area contributed by atoms with Crippen LogP contribution in [-0.2, 0) is 16.0 Å². The van der Waals surface area contributed by atoms with Crippen LogP contribution >= 0.6 is 0 Å². The van der Waals surface area contributed by atoms with Gasteiger partial charge in [0.1, 0.15) is 17.3 Å². The molecule has 0 saturated heterocycles. The highest BCUT2D eigenvalue weighted by molar-refractivity contribution is 5.79. The van der Waals surface area contributed by atoms with Gasteiger partial charge in [0.2, 0.25) is 5.89 Å². The maximum atomic E-state index is 12.0. The summed E-state index contributed by atoms with van der Waals surface area (Å²) in [5, 5.41) is 0. The van der Waals surface area contributed by atoms with Gasteiger partial charge in [-0.05, 0) is 88.4 Å². The third-order valence-electron chi connectivity index (χ3n) is 5.72. The van der Waals surface area contributed by atoms with Crippen molar-refractivity contribution in [3.05, 3.63) is 101 Å². The highest BCUT2D eigenvalue weighted by Crippen LogP contribution is 2.25. The van der Waals surface area contributed by atoms with E-state index in [-0.39, 0.29) is 0 Å². The lowest BCUT2D eigenvalue weighted by Crippen LogP contribution is -2.39. The van der Waals surface area contributed by atoms with Crippen LogP contribution < -0.4 is 9.47 Å². The topological polar surface area (TPSA) is 70.8 Å². The van der Waals surface area contributed by atoms with E-state index in [9.17, 15) is 4.79 Å². The molecule has 0 amide bonds. The van der Waals surface area contributed by atoms with Crippen molar-refractivity contribution in [2.45, 2.75) is 39.7 Å². The molecule has 0 aliphatic carbocycles. The van der Waals surface area contributed by atoms with Crippen molar-refractivity contribution >= 4 is 5.97 Å². The Kier molecular flexibility index (Phi) is 8.50. The van der Waals surface area contributed by atoms with Gasteiger partial charge >= 0.3 is 5.97 Å². The van der Waals surface area contributed by atoms with E-state index in [4.69, 9.17) is 18.6 Å². The normalized spacial score (nSPS) is 10.8. The molecule has 1 aromatic heterocycles. The summed E-state index contributed by atoms with van der Waals surface area (Å²) in [6.07, 6.45) is 0.601. The molecule has 0 atom stereocenters. The fraction of sp³-hybridized carbons (Fsp3) is 0.250. The number of carbonyl (C=O) groups is 1. The summed E-state index contributed by atoms with van der Waals surface area (Å²) in [5.41, 5.74) is 2.58. The fourth-order valence-electron chi connectivity index (χ4n) is 3.66. The largest absolute Gasteiger partial charge is 0.493 e. The number of esters is 1. The first-order valence-corrected chi connectivity index (χ1v) is 12.6. The number of carbonyl (C=O) groups excluding carboxylic acids is 1. The number of hydrogen-bond acceptors (Lipinski definition) is 6. The summed E-state index contributed by atoms with van der Waals surface area (Å²) in [4.78, 5) is 16.7. The van der Waals surface area contributed by atoms with Gasteiger partial charge in [0.15, 0.2) is 5.60 Å². The molecule has 6 heteroatoms. The van der Waals surface area contributed by atoms with Gasteiger partial charge in [0.05, 0.1) is 18.9 Å². The molecule has 0 spiro atoms. The molecule has 38 heavy (non-hydrogen) atoms. The van der Waals surface area contributed by atoms with Crippen LogP contribution in [-0.4, -0.2) is 29.8 Å². The highest BCUT2D eigenvalue weighted by Gasteiger charge is 2.31. The first-order chi connectivity index (χ1) is 18.3. The van der Waals surface area contributed by atoms with Crippen molar-refractivity contribution in [2.24, 2.45) is 0 Å². The first kappa shape index (κ1) is 26.6. The molecule has 0 saturated carbocycles. The van der Waals surface area contributed by atoms with Gasteiger partial charge in [-0.3, -0.25) is 0 Å². The molecule has 0 radical (unpaired) electrons. The lowest BCUT2D eigenvalue weighted by atomic mass is 10.1. The molecule has 0 fully saturated rings. The van der Waals surface area contributed by atoms with E-state index < -0.39 is 11.6 Å². The van der Waals surface area contributed by atoms with Crippen molar-refractivity contribution < 1.29 is 23.4 Å². The van der Waals surface area contributed by atoms with Gasteiger partial charge in [-0.15, -0.1) is 0 Å². The molecular weight excluding hydrogens is 478 g/mol.